The van der Waals surface area contributed by atoms with Crippen molar-refractivity contribution in [3.8, 4) is 5.75 Å². The molecule has 0 saturated carbocycles. The molecule has 1 saturated heterocycles. The van der Waals surface area contributed by atoms with Crippen LogP contribution in [0.5, 0.6) is 5.75 Å². The first-order valence-corrected chi connectivity index (χ1v) is 10.5. The Morgan fingerprint density at radius 2 is 2.04 bits per heavy atom. The summed E-state index contributed by atoms with van der Waals surface area (Å²) in [7, 11) is -1.46. The van der Waals surface area contributed by atoms with Gasteiger partial charge in [0.15, 0.2) is 9.84 Å². The summed E-state index contributed by atoms with van der Waals surface area (Å²) >= 11 is 0. The molecular formula is C18H21N3O4S. The summed E-state index contributed by atoms with van der Waals surface area (Å²) in [6, 6.07) is 6.85. The Balaban J connectivity index is 1.65. The minimum absolute atomic E-state index is 0.0520. The number of nitrogens with zero attached hydrogens (tertiary/aromatic N) is 2. The highest BCUT2D eigenvalue weighted by atomic mass is 32.2. The predicted molar refractivity (Wildman–Crippen MR) is 97.5 cm³/mol. The van der Waals surface area contributed by atoms with Crippen molar-refractivity contribution in [1.82, 2.24) is 9.78 Å². The van der Waals surface area contributed by atoms with E-state index >= 15 is 0 Å². The third-order valence-corrected chi connectivity index (χ3v) is 6.80. The van der Waals surface area contributed by atoms with E-state index in [1.807, 2.05) is 0 Å². The van der Waals surface area contributed by atoms with E-state index in [0.717, 1.165) is 30.5 Å². The Bertz CT molecular complexity index is 948. The number of sulfone groups is 1. The lowest BCUT2D eigenvalue weighted by atomic mass is 10.1. The molecule has 138 valence electrons. The van der Waals surface area contributed by atoms with Crippen LogP contribution in [0.25, 0.3) is 0 Å². The molecule has 7 nitrogen and oxygen atoms in total. The number of benzene rings is 1. The molecule has 0 unspecified atom stereocenters. The molecule has 0 bridgehead atoms. The number of hydrogen-bond acceptors (Lipinski definition) is 5. The van der Waals surface area contributed by atoms with Crippen LogP contribution >= 0.6 is 0 Å². The van der Waals surface area contributed by atoms with Crippen LogP contribution in [0.15, 0.2) is 24.3 Å². The summed E-state index contributed by atoms with van der Waals surface area (Å²) in [6.45, 7) is 0. The van der Waals surface area contributed by atoms with Crippen LogP contribution in [0, 0.1) is 0 Å². The summed E-state index contributed by atoms with van der Waals surface area (Å²) in [5, 5.41) is 7.50. The van der Waals surface area contributed by atoms with Gasteiger partial charge < -0.3 is 10.1 Å². The van der Waals surface area contributed by atoms with Gasteiger partial charge in [-0.15, -0.1) is 0 Å². The van der Waals surface area contributed by atoms with Gasteiger partial charge >= 0.3 is 0 Å². The number of ether oxygens (including phenoxy) is 1. The van der Waals surface area contributed by atoms with Crippen molar-refractivity contribution < 1.29 is 17.9 Å². The van der Waals surface area contributed by atoms with Gasteiger partial charge in [0, 0.05) is 11.3 Å². The molecule has 1 aliphatic carbocycles. The first-order chi connectivity index (χ1) is 12.5. The van der Waals surface area contributed by atoms with Gasteiger partial charge in [0.05, 0.1) is 30.4 Å². The highest BCUT2D eigenvalue weighted by Crippen LogP contribution is 2.31. The number of amides is 1. The van der Waals surface area contributed by atoms with Crippen molar-refractivity contribution in [2.24, 2.45) is 0 Å². The molecule has 1 aromatic carbocycles. The SMILES string of the molecule is COc1ccc(NC(=O)c2c3c(nn2[C@@H]2CCS(=O)(=O)C2)CCC3)cc1. The van der Waals surface area contributed by atoms with Crippen LogP contribution in [0.4, 0.5) is 5.69 Å². The number of carbonyl (C=O) groups excluding carboxylic acids is 1. The van der Waals surface area contributed by atoms with Crippen molar-refractivity contribution in [2.45, 2.75) is 31.7 Å². The van der Waals surface area contributed by atoms with Gasteiger partial charge in [-0.3, -0.25) is 9.48 Å². The van der Waals surface area contributed by atoms with E-state index in [0.29, 0.717) is 23.6 Å². The molecule has 4 rings (SSSR count). The Morgan fingerprint density at radius 3 is 2.69 bits per heavy atom. The molecule has 2 aromatic rings. The second kappa shape index (κ2) is 6.42. The standard InChI is InChI=1S/C18H21N3O4S/c1-25-14-7-5-12(6-8-14)19-18(22)17-15-3-2-4-16(15)20-21(17)13-9-10-26(23,24)11-13/h5-8,13H,2-4,9-11H2,1H3,(H,19,22)/t13-/m1/s1. The average Bonchev–Trinajstić information content (AvgIpc) is 3.28. The number of nitrogens with one attached hydrogen (secondary N) is 1. The lowest BCUT2D eigenvalue weighted by Gasteiger charge is -2.15. The highest BCUT2D eigenvalue weighted by Gasteiger charge is 2.35. The van der Waals surface area contributed by atoms with Crippen molar-refractivity contribution >= 4 is 21.4 Å². The van der Waals surface area contributed by atoms with Crippen LogP contribution in [0.1, 0.15) is 40.6 Å². The smallest absolute Gasteiger partial charge is 0.274 e. The number of hydrogen-bond donors (Lipinski definition) is 1. The van der Waals surface area contributed by atoms with E-state index in [1.54, 1.807) is 36.1 Å². The molecule has 8 heteroatoms. The van der Waals surface area contributed by atoms with Gasteiger partial charge in [-0.2, -0.15) is 5.10 Å². The fourth-order valence-corrected chi connectivity index (χ4v) is 5.44. The molecule has 1 aromatic heterocycles. The van der Waals surface area contributed by atoms with Crippen LogP contribution in [0.2, 0.25) is 0 Å². The molecule has 0 spiro atoms. The van der Waals surface area contributed by atoms with Crippen LogP contribution in [-0.2, 0) is 22.7 Å². The molecule has 1 atom stereocenters. The lowest BCUT2D eigenvalue weighted by molar-refractivity contribution is 0.101. The Hall–Kier alpha value is -2.35. The molecule has 1 aliphatic heterocycles. The number of anilines is 1. The zero-order chi connectivity index (χ0) is 18.3. The molecular weight excluding hydrogens is 354 g/mol. The number of aromatic nitrogens is 2. The van der Waals surface area contributed by atoms with Crippen LogP contribution < -0.4 is 10.1 Å². The molecule has 1 fully saturated rings. The Morgan fingerprint density at radius 1 is 1.27 bits per heavy atom. The molecule has 2 aliphatic rings. The lowest BCUT2D eigenvalue weighted by Crippen LogP contribution is -2.23. The second-order valence-corrected chi connectivity index (χ2v) is 9.04. The molecule has 26 heavy (non-hydrogen) atoms. The summed E-state index contributed by atoms with van der Waals surface area (Å²) in [6.07, 6.45) is 3.13. The molecule has 1 amide bonds. The van der Waals surface area contributed by atoms with Crippen LogP contribution in [0.3, 0.4) is 0 Å². The normalized spacial score (nSPS) is 20.7. The largest absolute Gasteiger partial charge is 0.497 e. The number of methoxy groups -OCH3 is 1. The minimum Gasteiger partial charge on any atom is -0.497 e. The summed E-state index contributed by atoms with van der Waals surface area (Å²) in [5.74, 6) is 0.679. The van der Waals surface area contributed by atoms with E-state index in [9.17, 15) is 13.2 Å². The molecule has 2 heterocycles. The van der Waals surface area contributed by atoms with Crippen molar-refractivity contribution in [3.63, 3.8) is 0 Å². The quantitative estimate of drug-likeness (QED) is 0.883. The third kappa shape index (κ3) is 3.09. The van der Waals surface area contributed by atoms with Gasteiger partial charge in [0.1, 0.15) is 11.4 Å². The predicted octanol–water partition coefficient (Wildman–Crippen LogP) is 1.99. The fraction of sp³-hybridized carbons (Fsp3) is 0.444. The van der Waals surface area contributed by atoms with Gasteiger partial charge in [0.25, 0.3) is 5.91 Å². The topological polar surface area (TPSA) is 90.3 Å². The molecule has 0 radical (unpaired) electrons. The van der Waals surface area contributed by atoms with Crippen molar-refractivity contribution in [1.29, 1.82) is 0 Å². The van der Waals surface area contributed by atoms with Gasteiger partial charge in [-0.05, 0) is 49.9 Å². The maximum Gasteiger partial charge on any atom is 0.274 e. The summed E-state index contributed by atoms with van der Waals surface area (Å²) in [5.41, 5.74) is 3.05. The van der Waals surface area contributed by atoms with Crippen LogP contribution in [-0.4, -0.2) is 42.7 Å². The zero-order valence-corrected chi connectivity index (χ0v) is 15.4. The Labute approximate surface area is 152 Å². The first kappa shape index (κ1) is 17.1. The monoisotopic (exact) mass is 375 g/mol. The van der Waals surface area contributed by atoms with Gasteiger partial charge in [-0.25, -0.2) is 8.42 Å². The fourth-order valence-electron chi connectivity index (χ4n) is 3.75. The van der Waals surface area contributed by atoms with Gasteiger partial charge in [0.2, 0.25) is 0 Å². The van der Waals surface area contributed by atoms with Gasteiger partial charge in [-0.1, -0.05) is 0 Å². The second-order valence-electron chi connectivity index (χ2n) is 6.81. The Kier molecular flexibility index (Phi) is 4.22. The maximum absolute atomic E-state index is 13.0. The van der Waals surface area contributed by atoms with Crippen molar-refractivity contribution in [2.75, 3.05) is 23.9 Å². The van der Waals surface area contributed by atoms with Crippen molar-refractivity contribution in [3.05, 3.63) is 41.2 Å². The van der Waals surface area contributed by atoms with E-state index in [1.165, 1.54) is 0 Å². The van der Waals surface area contributed by atoms with E-state index in [-0.39, 0.29) is 23.5 Å². The number of carbonyl (C=O) groups is 1. The summed E-state index contributed by atoms with van der Waals surface area (Å²) in [4.78, 5) is 13.0. The minimum atomic E-state index is -3.05. The van der Waals surface area contributed by atoms with E-state index in [4.69, 9.17) is 4.74 Å². The highest BCUT2D eigenvalue weighted by molar-refractivity contribution is 7.91. The number of fused-ring (bicyclic) bond motifs is 1. The number of rotatable bonds is 4. The summed E-state index contributed by atoms with van der Waals surface area (Å²) < 4.78 is 30.5. The molecule has 1 N–H and O–H groups in total. The van der Waals surface area contributed by atoms with E-state index < -0.39 is 9.84 Å². The average molecular weight is 375 g/mol. The third-order valence-electron chi connectivity index (χ3n) is 5.05. The first-order valence-electron chi connectivity index (χ1n) is 8.73. The zero-order valence-electron chi connectivity index (χ0n) is 14.6. The maximum atomic E-state index is 13.0. The number of aryl methyl sites for hydroxylation is 1. The van der Waals surface area contributed by atoms with E-state index in [2.05, 4.69) is 10.4 Å².